The van der Waals surface area contributed by atoms with Gasteiger partial charge in [-0.05, 0) is 5.56 Å². The van der Waals surface area contributed by atoms with Gasteiger partial charge in [0.1, 0.15) is 12.7 Å². The Kier molecular flexibility index (Phi) is 7.98. The Balaban J connectivity index is 1.70. The van der Waals surface area contributed by atoms with E-state index in [0.717, 1.165) is 5.56 Å². The average molecular weight is 609 g/mol. The number of nitrogens with zero attached hydrogens (tertiary/aromatic N) is 4. The Morgan fingerprint density at radius 2 is 1.72 bits per heavy atom. The first-order valence-corrected chi connectivity index (χ1v) is 12.1. The Hall–Kier alpha value is -3.33. The normalized spacial score (nSPS) is 21.2. The lowest BCUT2D eigenvalue weighted by Gasteiger charge is -2.23. The average Bonchev–Trinajstić information content (AvgIpc) is 3.37. The highest BCUT2D eigenvalue weighted by Gasteiger charge is 2.51. The van der Waals surface area contributed by atoms with Gasteiger partial charge in [-0.15, -0.1) is 0 Å². The summed E-state index contributed by atoms with van der Waals surface area (Å²) in [6.07, 6.45) is -2.43. The number of ether oxygens (including phenoxy) is 4. The van der Waals surface area contributed by atoms with E-state index < -0.39 is 42.4 Å². The van der Waals surface area contributed by atoms with Gasteiger partial charge in [-0.3, -0.25) is 19.0 Å². The molecule has 0 bridgehead atoms. The van der Waals surface area contributed by atoms with E-state index in [0.29, 0.717) is 27.4 Å². The Labute approximate surface area is 219 Å². The van der Waals surface area contributed by atoms with E-state index >= 15 is 0 Å². The van der Waals surface area contributed by atoms with Crippen molar-refractivity contribution in [2.24, 2.45) is 0 Å². The predicted octanol–water partition coefficient (Wildman–Crippen LogP) is 2.37. The van der Waals surface area contributed by atoms with Gasteiger partial charge in [0.05, 0.1) is 6.33 Å². The quantitative estimate of drug-likeness (QED) is 0.174. The lowest BCUT2D eigenvalue weighted by atomic mass is 10.1. The largest absolute Gasteiger partial charge is 0.463 e. The highest BCUT2D eigenvalue weighted by atomic mass is 127. The molecule has 0 aliphatic carbocycles. The maximum atomic E-state index is 11.9. The van der Waals surface area contributed by atoms with Crippen molar-refractivity contribution in [3.8, 4) is 0 Å². The SMILES string of the molecule is CC(=O)OC[C@H]1O[C@@H](n2cnc3c(NCc4ccccc4)nc(I)nc32)[C@H](OC(C)=O)[C@@H]1OC(C)=O. The molecule has 4 rings (SSSR count). The summed E-state index contributed by atoms with van der Waals surface area (Å²) in [5.74, 6) is -1.22. The molecule has 1 saturated heterocycles. The number of carbonyl (C=O) groups excluding carboxylic acids is 3. The van der Waals surface area contributed by atoms with Crippen LogP contribution in [0, 0.1) is 3.83 Å². The van der Waals surface area contributed by atoms with Crippen LogP contribution < -0.4 is 5.32 Å². The van der Waals surface area contributed by atoms with E-state index in [2.05, 4.69) is 20.3 Å². The number of esters is 3. The second-order valence-corrected chi connectivity index (χ2v) is 8.99. The summed E-state index contributed by atoms with van der Waals surface area (Å²) in [4.78, 5) is 48.6. The van der Waals surface area contributed by atoms with Crippen LogP contribution in [0.25, 0.3) is 11.2 Å². The van der Waals surface area contributed by atoms with Gasteiger partial charge in [-0.1, -0.05) is 30.3 Å². The summed E-state index contributed by atoms with van der Waals surface area (Å²) in [5.41, 5.74) is 1.95. The molecule has 0 radical (unpaired) electrons. The third-order valence-corrected chi connectivity index (χ3v) is 5.79. The maximum Gasteiger partial charge on any atom is 0.303 e. The van der Waals surface area contributed by atoms with Crippen molar-refractivity contribution < 1.29 is 33.3 Å². The summed E-state index contributed by atoms with van der Waals surface area (Å²) < 4.78 is 24.2. The number of hydrogen-bond acceptors (Lipinski definition) is 11. The molecule has 36 heavy (non-hydrogen) atoms. The van der Waals surface area contributed by atoms with Crippen LogP contribution in [0.5, 0.6) is 0 Å². The lowest BCUT2D eigenvalue weighted by molar-refractivity contribution is -0.166. The van der Waals surface area contributed by atoms with Gasteiger partial charge < -0.3 is 24.3 Å². The molecule has 1 aliphatic heterocycles. The molecule has 1 N–H and O–H groups in total. The predicted molar refractivity (Wildman–Crippen MR) is 133 cm³/mol. The van der Waals surface area contributed by atoms with Gasteiger partial charge >= 0.3 is 17.9 Å². The molecule has 3 aromatic rings. The molecule has 1 aromatic carbocycles. The van der Waals surface area contributed by atoms with Crippen molar-refractivity contribution in [2.75, 3.05) is 11.9 Å². The van der Waals surface area contributed by atoms with Crippen LogP contribution in [-0.2, 0) is 39.9 Å². The van der Waals surface area contributed by atoms with Crippen molar-refractivity contribution in [3.05, 3.63) is 46.1 Å². The number of halogens is 1. The molecule has 0 amide bonds. The molecule has 3 heterocycles. The summed E-state index contributed by atoms with van der Waals surface area (Å²) in [7, 11) is 0. The molecule has 4 atom stereocenters. The Morgan fingerprint density at radius 3 is 2.39 bits per heavy atom. The monoisotopic (exact) mass is 609 g/mol. The first kappa shape index (κ1) is 25.8. The van der Waals surface area contributed by atoms with E-state index in [1.807, 2.05) is 52.9 Å². The van der Waals surface area contributed by atoms with Crippen LogP contribution in [0.2, 0.25) is 0 Å². The second-order valence-electron chi connectivity index (χ2n) is 8.02. The van der Waals surface area contributed by atoms with Crippen molar-refractivity contribution in [1.29, 1.82) is 0 Å². The van der Waals surface area contributed by atoms with Crippen LogP contribution in [0.15, 0.2) is 36.7 Å². The lowest BCUT2D eigenvalue weighted by Crippen LogP contribution is -2.40. The van der Waals surface area contributed by atoms with Gasteiger partial charge in [-0.25, -0.2) is 15.0 Å². The van der Waals surface area contributed by atoms with E-state index in [9.17, 15) is 14.4 Å². The number of nitrogens with one attached hydrogen (secondary N) is 1. The van der Waals surface area contributed by atoms with Gasteiger partial charge in [-0.2, -0.15) is 0 Å². The molecule has 13 heteroatoms. The molecule has 1 aliphatic rings. The number of benzene rings is 1. The van der Waals surface area contributed by atoms with E-state index in [1.165, 1.54) is 27.1 Å². The molecule has 12 nitrogen and oxygen atoms in total. The molecule has 0 unspecified atom stereocenters. The molecule has 2 aromatic heterocycles. The van der Waals surface area contributed by atoms with Gasteiger partial charge in [0, 0.05) is 49.9 Å². The van der Waals surface area contributed by atoms with Crippen molar-refractivity contribution in [3.63, 3.8) is 0 Å². The number of carbonyl (C=O) groups is 3. The van der Waals surface area contributed by atoms with Gasteiger partial charge in [0.25, 0.3) is 0 Å². The van der Waals surface area contributed by atoms with Crippen LogP contribution in [-0.4, -0.2) is 62.3 Å². The molecule has 1 fully saturated rings. The van der Waals surface area contributed by atoms with E-state index in [-0.39, 0.29) is 6.61 Å². The Bertz CT molecular complexity index is 1270. The minimum absolute atomic E-state index is 0.204. The minimum atomic E-state index is -1.04. The number of anilines is 1. The van der Waals surface area contributed by atoms with Crippen LogP contribution >= 0.6 is 22.6 Å². The van der Waals surface area contributed by atoms with E-state index in [1.54, 1.807) is 4.57 Å². The number of hydrogen-bond donors (Lipinski definition) is 1. The maximum absolute atomic E-state index is 11.9. The van der Waals surface area contributed by atoms with Crippen molar-refractivity contribution in [2.45, 2.75) is 51.9 Å². The van der Waals surface area contributed by atoms with E-state index in [4.69, 9.17) is 18.9 Å². The van der Waals surface area contributed by atoms with Crippen molar-refractivity contribution >= 4 is 57.5 Å². The second kappa shape index (κ2) is 11.2. The number of rotatable bonds is 8. The van der Waals surface area contributed by atoms with Crippen LogP contribution in [0.4, 0.5) is 5.82 Å². The first-order chi connectivity index (χ1) is 17.2. The van der Waals surface area contributed by atoms with Crippen LogP contribution in [0.3, 0.4) is 0 Å². The van der Waals surface area contributed by atoms with Crippen LogP contribution in [0.1, 0.15) is 32.6 Å². The summed E-state index contributed by atoms with van der Waals surface area (Å²) in [6.45, 7) is 4.04. The smallest absolute Gasteiger partial charge is 0.303 e. The molecule has 190 valence electrons. The molecular formula is C23H24IN5O7. The molecular weight excluding hydrogens is 585 g/mol. The number of fused-ring (bicyclic) bond motifs is 1. The third-order valence-electron chi connectivity index (χ3n) is 5.31. The Morgan fingerprint density at radius 1 is 1.03 bits per heavy atom. The topological polar surface area (TPSA) is 144 Å². The number of aromatic nitrogens is 4. The zero-order valence-electron chi connectivity index (χ0n) is 19.7. The minimum Gasteiger partial charge on any atom is -0.463 e. The zero-order valence-corrected chi connectivity index (χ0v) is 21.9. The fourth-order valence-corrected chi connectivity index (χ4v) is 4.37. The standard InChI is InChI=1S/C23H24IN5O7/c1-12(30)33-10-16-18(34-13(2)31)19(35-14(3)32)22(36-16)29-11-26-17-20(27-23(24)28-21(17)29)25-9-15-7-5-4-6-8-15/h4-8,11,16,18-19,22H,9-10H2,1-3H3,(H,25,27,28)/t16-,18-,19-,22-/m1/s1. The third kappa shape index (κ3) is 5.90. The van der Waals surface area contributed by atoms with Gasteiger partial charge in [0.2, 0.25) is 0 Å². The fraction of sp³-hybridized carbons (Fsp3) is 0.391. The van der Waals surface area contributed by atoms with Crippen molar-refractivity contribution in [1.82, 2.24) is 19.5 Å². The molecule has 0 spiro atoms. The fourth-order valence-electron chi connectivity index (χ4n) is 3.90. The number of imidazole rings is 1. The zero-order chi connectivity index (χ0) is 25.8. The highest BCUT2D eigenvalue weighted by molar-refractivity contribution is 14.1. The first-order valence-electron chi connectivity index (χ1n) is 11.0. The summed E-state index contributed by atoms with van der Waals surface area (Å²) >= 11 is 2.00. The van der Waals surface area contributed by atoms with Gasteiger partial charge in [0.15, 0.2) is 39.2 Å². The highest BCUT2D eigenvalue weighted by Crippen LogP contribution is 2.36. The molecule has 0 saturated carbocycles. The summed E-state index contributed by atoms with van der Waals surface area (Å²) in [5, 5.41) is 3.28. The summed E-state index contributed by atoms with van der Waals surface area (Å²) in [6, 6.07) is 9.82.